The van der Waals surface area contributed by atoms with Crippen LogP contribution in [0.1, 0.15) is 18.7 Å². The summed E-state index contributed by atoms with van der Waals surface area (Å²) in [5.41, 5.74) is 0.882. The Hall–Kier alpha value is -1.51. The Bertz CT molecular complexity index is 699. The number of tetrazole rings is 1. The van der Waals surface area contributed by atoms with E-state index in [-0.39, 0.29) is 5.91 Å². The third kappa shape index (κ3) is 4.77. The maximum absolute atomic E-state index is 12.1. The van der Waals surface area contributed by atoms with Gasteiger partial charge in [-0.05, 0) is 41.1 Å². The minimum atomic E-state index is 0.241. The maximum Gasteiger partial charge on any atom is 0.222 e. The van der Waals surface area contributed by atoms with E-state index >= 15 is 0 Å². The molecule has 2 heterocycles. The smallest absolute Gasteiger partial charge is 0.222 e. The maximum atomic E-state index is 12.1. The molecule has 1 fully saturated rings. The Balaban J connectivity index is 1.57. The van der Waals surface area contributed by atoms with Crippen LogP contribution in [-0.4, -0.2) is 67.4 Å². The van der Waals surface area contributed by atoms with Crippen molar-refractivity contribution in [2.24, 2.45) is 0 Å². The van der Waals surface area contributed by atoms with Crippen LogP contribution in [0.15, 0.2) is 24.3 Å². The highest BCUT2D eigenvalue weighted by Crippen LogP contribution is 2.15. The first kappa shape index (κ1) is 18.3. The first-order valence-corrected chi connectivity index (χ1v) is 9.76. The molecule has 0 atom stereocenters. The van der Waals surface area contributed by atoms with Gasteiger partial charge in [-0.15, -0.1) is 5.10 Å². The molecule has 0 radical (unpaired) electrons. The normalized spacial score (nSPS) is 15.5. The van der Waals surface area contributed by atoms with Crippen molar-refractivity contribution in [3.63, 3.8) is 0 Å². The second kappa shape index (κ2) is 8.73. The fourth-order valence-corrected chi connectivity index (χ4v) is 3.23. The Morgan fingerprint density at radius 1 is 1.16 bits per heavy atom. The summed E-state index contributed by atoms with van der Waals surface area (Å²) in [6.45, 7) is 3.81. The number of aromatic nitrogens is 4. The van der Waals surface area contributed by atoms with Gasteiger partial charge in [0, 0.05) is 43.0 Å². The Morgan fingerprint density at radius 3 is 2.56 bits per heavy atom. The van der Waals surface area contributed by atoms with Crippen molar-refractivity contribution in [3.05, 3.63) is 35.1 Å². The largest absolute Gasteiger partial charge is 0.340 e. The summed E-state index contributed by atoms with van der Waals surface area (Å²) in [7, 11) is 0. The second-order valence-corrected chi connectivity index (χ2v) is 7.16. The molecule has 0 unspecified atom stereocenters. The van der Waals surface area contributed by atoms with E-state index in [2.05, 4.69) is 36.4 Å². The van der Waals surface area contributed by atoms with Crippen molar-refractivity contribution < 1.29 is 4.79 Å². The van der Waals surface area contributed by atoms with Gasteiger partial charge in [0.1, 0.15) is 0 Å². The molecule has 134 valence electrons. The molecule has 9 heteroatoms. The molecule has 1 aromatic carbocycles. The van der Waals surface area contributed by atoms with Gasteiger partial charge in [-0.1, -0.05) is 27.5 Å². The number of amides is 1. The number of halogens is 2. The van der Waals surface area contributed by atoms with Crippen LogP contribution < -0.4 is 0 Å². The number of carbonyl (C=O) groups is 1. The number of carbonyl (C=O) groups excluding carboxylic acids is 1. The van der Waals surface area contributed by atoms with Crippen LogP contribution in [0, 0.1) is 0 Å². The van der Waals surface area contributed by atoms with Crippen LogP contribution in [0.5, 0.6) is 0 Å². The van der Waals surface area contributed by atoms with E-state index in [4.69, 9.17) is 11.6 Å². The van der Waals surface area contributed by atoms with Crippen LogP contribution in [0.2, 0.25) is 5.02 Å². The lowest BCUT2D eigenvalue weighted by atomic mass is 10.2. The van der Waals surface area contributed by atoms with Crippen LogP contribution in [0.4, 0.5) is 0 Å². The second-order valence-electron chi connectivity index (χ2n) is 5.93. The minimum Gasteiger partial charge on any atom is -0.340 e. The molecule has 0 aliphatic carbocycles. The van der Waals surface area contributed by atoms with Gasteiger partial charge < -0.3 is 4.90 Å². The predicted octanol–water partition coefficient (Wildman–Crippen LogP) is 2.13. The Kier molecular flexibility index (Phi) is 6.39. The molecule has 0 N–H and O–H groups in total. The van der Waals surface area contributed by atoms with Gasteiger partial charge in [-0.3, -0.25) is 9.69 Å². The molecule has 25 heavy (non-hydrogen) atoms. The molecule has 0 saturated carbocycles. The molecule has 1 aliphatic heterocycles. The molecule has 0 bridgehead atoms. The van der Waals surface area contributed by atoms with Gasteiger partial charge in [0.15, 0.2) is 5.82 Å². The molecule has 1 aliphatic rings. The molecule has 0 spiro atoms. The van der Waals surface area contributed by atoms with Crippen LogP contribution >= 0.6 is 27.5 Å². The van der Waals surface area contributed by atoms with Crippen LogP contribution in [0.25, 0.3) is 5.69 Å². The van der Waals surface area contributed by atoms with E-state index in [9.17, 15) is 4.79 Å². The minimum absolute atomic E-state index is 0.241. The predicted molar refractivity (Wildman–Crippen MR) is 99.0 cm³/mol. The zero-order valence-electron chi connectivity index (χ0n) is 13.8. The Labute approximate surface area is 160 Å². The van der Waals surface area contributed by atoms with E-state index < -0.39 is 0 Å². The monoisotopic (exact) mass is 426 g/mol. The first-order chi connectivity index (χ1) is 12.2. The molecular weight excluding hydrogens is 408 g/mol. The summed E-state index contributed by atoms with van der Waals surface area (Å²) in [6, 6.07) is 7.42. The Morgan fingerprint density at radius 2 is 1.88 bits per heavy atom. The summed E-state index contributed by atoms with van der Waals surface area (Å²) in [6.07, 6.45) is 1.50. The summed E-state index contributed by atoms with van der Waals surface area (Å²) >= 11 is 9.30. The van der Waals surface area contributed by atoms with E-state index in [1.54, 1.807) is 4.68 Å². The molecular formula is C16H20BrClN6O. The average Bonchev–Trinajstić information content (AvgIpc) is 3.09. The molecule has 7 nitrogen and oxygen atoms in total. The van der Waals surface area contributed by atoms with Gasteiger partial charge in [0.2, 0.25) is 5.91 Å². The summed E-state index contributed by atoms with van der Waals surface area (Å²) < 4.78 is 1.73. The van der Waals surface area contributed by atoms with Gasteiger partial charge >= 0.3 is 0 Å². The van der Waals surface area contributed by atoms with Gasteiger partial charge in [-0.2, -0.15) is 4.68 Å². The van der Waals surface area contributed by atoms with E-state index in [0.717, 1.165) is 49.4 Å². The van der Waals surface area contributed by atoms with Crippen molar-refractivity contribution in [2.75, 3.05) is 31.5 Å². The standard InChI is InChI=1S/C16H20BrClN6O/c17-7-1-2-16(25)23-10-8-22(9-11-23)12-15-19-20-21-24(15)14-5-3-13(18)4-6-14/h3-6H,1-2,7-12H2. The summed E-state index contributed by atoms with van der Waals surface area (Å²) in [5.74, 6) is 1.02. The summed E-state index contributed by atoms with van der Waals surface area (Å²) in [5, 5.41) is 13.6. The number of alkyl halides is 1. The molecule has 3 rings (SSSR count). The number of hydrogen-bond donors (Lipinski definition) is 0. The fraction of sp³-hybridized carbons (Fsp3) is 0.500. The third-order valence-electron chi connectivity index (χ3n) is 4.22. The molecule has 1 amide bonds. The van der Waals surface area contributed by atoms with Gasteiger partial charge in [0.25, 0.3) is 0 Å². The highest BCUT2D eigenvalue weighted by atomic mass is 79.9. The number of rotatable bonds is 6. The lowest BCUT2D eigenvalue weighted by Crippen LogP contribution is -2.48. The number of hydrogen-bond acceptors (Lipinski definition) is 5. The van der Waals surface area contributed by atoms with E-state index in [0.29, 0.717) is 18.0 Å². The number of nitrogens with zero attached hydrogens (tertiary/aromatic N) is 6. The summed E-state index contributed by atoms with van der Waals surface area (Å²) in [4.78, 5) is 16.3. The topological polar surface area (TPSA) is 67.2 Å². The fourth-order valence-electron chi connectivity index (χ4n) is 2.82. The van der Waals surface area contributed by atoms with Crippen molar-refractivity contribution in [1.29, 1.82) is 0 Å². The van der Waals surface area contributed by atoms with Crippen LogP contribution in [0.3, 0.4) is 0 Å². The molecule has 1 saturated heterocycles. The lowest BCUT2D eigenvalue weighted by Gasteiger charge is -2.34. The van der Waals surface area contributed by atoms with Crippen molar-refractivity contribution in [3.8, 4) is 5.69 Å². The highest BCUT2D eigenvalue weighted by Gasteiger charge is 2.22. The van der Waals surface area contributed by atoms with Gasteiger partial charge in [-0.25, -0.2) is 0 Å². The lowest BCUT2D eigenvalue weighted by molar-refractivity contribution is -0.133. The number of benzene rings is 1. The van der Waals surface area contributed by atoms with Crippen molar-refractivity contribution in [2.45, 2.75) is 19.4 Å². The number of piperazine rings is 1. The average molecular weight is 428 g/mol. The quantitative estimate of drug-likeness (QED) is 0.661. The third-order valence-corrected chi connectivity index (χ3v) is 5.03. The van der Waals surface area contributed by atoms with Gasteiger partial charge in [0.05, 0.1) is 12.2 Å². The first-order valence-electron chi connectivity index (χ1n) is 8.26. The van der Waals surface area contributed by atoms with E-state index in [1.807, 2.05) is 29.2 Å². The highest BCUT2D eigenvalue weighted by molar-refractivity contribution is 9.09. The molecule has 2 aromatic rings. The SMILES string of the molecule is O=C(CCCBr)N1CCN(Cc2nnnn2-c2ccc(Cl)cc2)CC1. The molecule has 1 aromatic heterocycles. The van der Waals surface area contributed by atoms with Crippen molar-refractivity contribution >= 4 is 33.4 Å². The van der Waals surface area contributed by atoms with E-state index in [1.165, 1.54) is 0 Å². The zero-order valence-corrected chi connectivity index (χ0v) is 16.2. The van der Waals surface area contributed by atoms with Crippen molar-refractivity contribution in [1.82, 2.24) is 30.0 Å². The zero-order chi connectivity index (χ0) is 17.6. The van der Waals surface area contributed by atoms with Crippen LogP contribution in [-0.2, 0) is 11.3 Å².